The molecule has 0 unspecified atom stereocenters. The molecule has 2 nitrogen and oxygen atoms in total. The van der Waals surface area contributed by atoms with Gasteiger partial charge in [0.1, 0.15) is 0 Å². The highest BCUT2D eigenvalue weighted by Gasteiger charge is 2.18. The van der Waals surface area contributed by atoms with Gasteiger partial charge in [-0.15, -0.1) is 23.5 Å². The molecule has 1 N–H and O–H groups in total. The highest BCUT2D eigenvalue weighted by atomic mass is 79.9. The van der Waals surface area contributed by atoms with Crippen molar-refractivity contribution in [1.29, 1.82) is 0 Å². The van der Waals surface area contributed by atoms with Crippen molar-refractivity contribution in [1.82, 2.24) is 0 Å². The van der Waals surface area contributed by atoms with Crippen LogP contribution in [0.4, 0.5) is 5.69 Å². The summed E-state index contributed by atoms with van der Waals surface area (Å²) in [7, 11) is 0. The summed E-state index contributed by atoms with van der Waals surface area (Å²) in [6.45, 7) is 0. The number of anilines is 1. The van der Waals surface area contributed by atoms with E-state index in [0.717, 1.165) is 15.7 Å². The monoisotopic (exact) mass is 393 g/mol. The minimum Gasteiger partial charge on any atom is -0.326 e. The van der Waals surface area contributed by atoms with Crippen LogP contribution in [0.3, 0.4) is 0 Å². The Morgan fingerprint density at radius 1 is 1.14 bits per heavy atom. The minimum atomic E-state index is 0.0196. The second-order valence-corrected chi connectivity index (χ2v) is 8.69. The Morgan fingerprint density at radius 3 is 2.59 bits per heavy atom. The highest BCUT2D eigenvalue weighted by Crippen LogP contribution is 2.45. The van der Waals surface area contributed by atoms with Crippen LogP contribution < -0.4 is 5.32 Å². The van der Waals surface area contributed by atoms with E-state index in [0.29, 0.717) is 11.0 Å². The number of nitrogens with one attached hydrogen (secondary N) is 1. The number of thioether (sulfide) groups is 2. The Kier molecular flexibility index (Phi) is 5.50. The second-order valence-electron chi connectivity index (χ2n) is 5.05. The topological polar surface area (TPSA) is 29.1 Å². The Bertz CT molecular complexity index is 654. The molecule has 2 aromatic rings. The molecule has 1 amide bonds. The van der Waals surface area contributed by atoms with Gasteiger partial charge < -0.3 is 5.32 Å². The van der Waals surface area contributed by atoms with Crippen molar-refractivity contribution in [2.75, 3.05) is 16.8 Å². The lowest BCUT2D eigenvalue weighted by Crippen LogP contribution is -2.14. The van der Waals surface area contributed by atoms with E-state index < -0.39 is 0 Å². The van der Waals surface area contributed by atoms with Crippen molar-refractivity contribution in [3.05, 3.63) is 64.1 Å². The summed E-state index contributed by atoms with van der Waals surface area (Å²) in [5.41, 5.74) is 3.18. The maximum Gasteiger partial charge on any atom is 0.228 e. The van der Waals surface area contributed by atoms with Crippen LogP contribution in [-0.4, -0.2) is 17.4 Å². The Balaban J connectivity index is 1.63. The number of carbonyl (C=O) groups is 1. The maximum atomic E-state index is 12.2. The van der Waals surface area contributed by atoms with Crippen LogP contribution in [0, 0.1) is 0 Å². The van der Waals surface area contributed by atoms with Gasteiger partial charge in [0.05, 0.1) is 11.0 Å². The number of carbonyl (C=O) groups excluding carboxylic acids is 1. The van der Waals surface area contributed by atoms with E-state index in [9.17, 15) is 4.79 Å². The molecule has 1 saturated heterocycles. The summed E-state index contributed by atoms with van der Waals surface area (Å²) in [4.78, 5) is 12.2. The van der Waals surface area contributed by atoms with E-state index in [1.807, 2.05) is 59.9 Å². The fourth-order valence-corrected chi connectivity index (χ4v) is 5.41. The number of halogens is 1. The van der Waals surface area contributed by atoms with Crippen LogP contribution in [0.25, 0.3) is 0 Å². The summed E-state index contributed by atoms with van der Waals surface area (Å²) in [6.07, 6.45) is 0.393. The lowest BCUT2D eigenvalue weighted by atomic mass is 10.1. The average molecular weight is 394 g/mol. The van der Waals surface area contributed by atoms with Crippen LogP contribution in [0.15, 0.2) is 53.0 Å². The number of rotatable bonds is 4. The van der Waals surface area contributed by atoms with Crippen molar-refractivity contribution in [3.8, 4) is 0 Å². The molecule has 0 saturated carbocycles. The first-order valence-corrected chi connectivity index (χ1v) is 9.97. The fourth-order valence-electron chi connectivity index (χ4n) is 2.31. The molecule has 0 aromatic heterocycles. The first kappa shape index (κ1) is 16.0. The maximum absolute atomic E-state index is 12.2. The average Bonchev–Trinajstić information content (AvgIpc) is 3.04. The van der Waals surface area contributed by atoms with Crippen molar-refractivity contribution in [2.24, 2.45) is 0 Å². The highest BCUT2D eigenvalue weighted by molar-refractivity contribution is 9.10. The molecule has 5 heteroatoms. The van der Waals surface area contributed by atoms with E-state index in [4.69, 9.17) is 0 Å². The number of hydrogen-bond acceptors (Lipinski definition) is 3. The molecule has 114 valence electrons. The lowest BCUT2D eigenvalue weighted by molar-refractivity contribution is -0.115. The molecule has 3 rings (SSSR count). The normalized spacial score (nSPS) is 15.0. The van der Waals surface area contributed by atoms with Gasteiger partial charge in [-0.25, -0.2) is 0 Å². The van der Waals surface area contributed by atoms with Gasteiger partial charge >= 0.3 is 0 Å². The zero-order valence-corrected chi connectivity index (χ0v) is 15.1. The molecule has 1 aliphatic heterocycles. The van der Waals surface area contributed by atoms with E-state index in [-0.39, 0.29) is 5.91 Å². The minimum absolute atomic E-state index is 0.0196. The van der Waals surface area contributed by atoms with Gasteiger partial charge in [0, 0.05) is 21.7 Å². The Labute approximate surface area is 147 Å². The summed E-state index contributed by atoms with van der Waals surface area (Å²) >= 11 is 7.35. The van der Waals surface area contributed by atoms with Gasteiger partial charge in [-0.05, 0) is 35.4 Å². The summed E-state index contributed by atoms with van der Waals surface area (Å²) in [5, 5.41) is 3.00. The quantitative estimate of drug-likeness (QED) is 0.782. The molecular weight excluding hydrogens is 378 g/mol. The van der Waals surface area contributed by atoms with E-state index in [2.05, 4.69) is 33.4 Å². The lowest BCUT2D eigenvalue weighted by Gasteiger charge is -2.11. The number of amides is 1. The van der Waals surface area contributed by atoms with Gasteiger partial charge in [0.25, 0.3) is 0 Å². The number of hydrogen-bond donors (Lipinski definition) is 1. The second kappa shape index (κ2) is 7.57. The van der Waals surface area contributed by atoms with E-state index in [1.165, 1.54) is 17.1 Å². The van der Waals surface area contributed by atoms with Crippen LogP contribution in [0.1, 0.15) is 15.7 Å². The Hall–Kier alpha value is -0.910. The first-order chi connectivity index (χ1) is 10.7. The van der Waals surface area contributed by atoms with Crippen LogP contribution >= 0.6 is 39.5 Å². The predicted octanol–water partition coefficient (Wildman–Crippen LogP) is 5.11. The molecule has 0 atom stereocenters. The van der Waals surface area contributed by atoms with Crippen molar-refractivity contribution < 1.29 is 4.79 Å². The number of benzene rings is 2. The standard InChI is InChI=1S/C17H16BrNOS2/c18-14-6-4-12(5-7-14)10-16(20)19-15-3-1-2-13(11-15)17-21-8-9-22-17/h1-7,11,17H,8-10H2,(H,19,20). The fraction of sp³-hybridized carbons (Fsp3) is 0.235. The molecule has 1 fully saturated rings. The van der Waals surface area contributed by atoms with E-state index >= 15 is 0 Å². The first-order valence-electron chi connectivity index (χ1n) is 7.08. The third kappa shape index (κ3) is 4.31. The molecule has 0 spiro atoms. The van der Waals surface area contributed by atoms with Crippen molar-refractivity contribution >= 4 is 51.0 Å². The van der Waals surface area contributed by atoms with Crippen molar-refractivity contribution in [2.45, 2.75) is 11.0 Å². The SMILES string of the molecule is O=C(Cc1ccc(Br)cc1)Nc1cccc(C2SCCS2)c1. The van der Waals surface area contributed by atoms with Crippen LogP contribution in [0.2, 0.25) is 0 Å². The third-order valence-corrected chi connectivity index (χ3v) is 6.98. The zero-order valence-electron chi connectivity index (χ0n) is 11.9. The van der Waals surface area contributed by atoms with Crippen LogP contribution in [-0.2, 0) is 11.2 Å². The molecule has 1 heterocycles. The van der Waals surface area contributed by atoms with Gasteiger partial charge in [-0.3, -0.25) is 4.79 Å². The summed E-state index contributed by atoms with van der Waals surface area (Å²) < 4.78 is 1.53. The summed E-state index contributed by atoms with van der Waals surface area (Å²) in [5.74, 6) is 2.43. The van der Waals surface area contributed by atoms with E-state index in [1.54, 1.807) is 0 Å². The molecule has 0 bridgehead atoms. The zero-order chi connectivity index (χ0) is 15.4. The third-order valence-electron chi connectivity index (χ3n) is 3.34. The van der Waals surface area contributed by atoms with Crippen LogP contribution in [0.5, 0.6) is 0 Å². The van der Waals surface area contributed by atoms with Crippen molar-refractivity contribution in [3.63, 3.8) is 0 Å². The van der Waals surface area contributed by atoms with Gasteiger partial charge in [0.2, 0.25) is 5.91 Å². The molecule has 1 aliphatic rings. The Morgan fingerprint density at radius 2 is 1.86 bits per heavy atom. The van der Waals surface area contributed by atoms with Gasteiger partial charge in [-0.1, -0.05) is 40.2 Å². The molecule has 0 aliphatic carbocycles. The van der Waals surface area contributed by atoms with Gasteiger partial charge in [-0.2, -0.15) is 0 Å². The summed E-state index contributed by atoms with van der Waals surface area (Å²) in [6, 6.07) is 16.0. The smallest absolute Gasteiger partial charge is 0.228 e. The molecule has 22 heavy (non-hydrogen) atoms. The largest absolute Gasteiger partial charge is 0.326 e. The molecule has 0 radical (unpaired) electrons. The molecule has 2 aromatic carbocycles. The van der Waals surface area contributed by atoms with Gasteiger partial charge in [0.15, 0.2) is 0 Å². The molecular formula is C17H16BrNOS2. The predicted molar refractivity (Wildman–Crippen MR) is 101 cm³/mol.